The molecule has 2 aromatic carbocycles. The minimum Gasteiger partial charge on any atom is -0.351 e. The molecular weight excluding hydrogens is 348 g/mol. The van der Waals surface area contributed by atoms with Gasteiger partial charge in [0.1, 0.15) is 5.69 Å². The van der Waals surface area contributed by atoms with Crippen LogP contribution in [-0.4, -0.2) is 22.4 Å². The van der Waals surface area contributed by atoms with E-state index in [1.165, 1.54) is 5.56 Å². The van der Waals surface area contributed by atoms with Crippen LogP contribution in [0.5, 0.6) is 0 Å². The molecule has 0 fully saturated rings. The second-order valence-corrected chi connectivity index (χ2v) is 6.63. The van der Waals surface area contributed by atoms with Crippen molar-refractivity contribution >= 4 is 17.4 Å². The number of carbonyl (C=O) groups excluding carboxylic acids is 1. The molecule has 5 heteroatoms. The van der Waals surface area contributed by atoms with Gasteiger partial charge in [-0.3, -0.25) is 4.79 Å². The van der Waals surface area contributed by atoms with Crippen molar-refractivity contribution in [2.45, 2.75) is 32.7 Å². The minimum atomic E-state index is -0.176. The van der Waals surface area contributed by atoms with E-state index in [4.69, 9.17) is 0 Å². The van der Waals surface area contributed by atoms with E-state index in [0.717, 1.165) is 24.9 Å². The lowest BCUT2D eigenvalue weighted by molar-refractivity contribution is 0.0947. The molecule has 3 aromatic rings. The van der Waals surface area contributed by atoms with Crippen LogP contribution in [-0.2, 0) is 6.54 Å². The van der Waals surface area contributed by atoms with E-state index in [0.29, 0.717) is 24.6 Å². The lowest BCUT2D eigenvalue weighted by Gasteiger charge is -2.23. The third kappa shape index (κ3) is 5.39. The van der Waals surface area contributed by atoms with Crippen LogP contribution in [0.4, 0.5) is 11.5 Å². The summed E-state index contributed by atoms with van der Waals surface area (Å²) in [6.45, 7) is 3.47. The molecule has 0 aliphatic carbocycles. The van der Waals surface area contributed by atoms with Crippen LogP contribution in [0.15, 0.2) is 73.1 Å². The number of nitrogens with one attached hydrogen (secondary N) is 1. The smallest absolute Gasteiger partial charge is 0.271 e. The van der Waals surface area contributed by atoms with Crippen molar-refractivity contribution in [3.05, 3.63) is 84.3 Å². The molecule has 0 saturated carbocycles. The van der Waals surface area contributed by atoms with Gasteiger partial charge in [0.2, 0.25) is 0 Å². The Morgan fingerprint density at radius 1 is 0.929 bits per heavy atom. The third-order valence-electron chi connectivity index (χ3n) is 4.46. The summed E-state index contributed by atoms with van der Waals surface area (Å²) in [4.78, 5) is 23.2. The fraction of sp³-hybridized carbons (Fsp3) is 0.261. The number of hydrogen-bond acceptors (Lipinski definition) is 4. The number of para-hydroxylation sites is 1. The van der Waals surface area contributed by atoms with E-state index in [1.807, 2.05) is 48.5 Å². The van der Waals surface area contributed by atoms with Crippen molar-refractivity contribution < 1.29 is 4.79 Å². The Labute approximate surface area is 166 Å². The molecule has 0 saturated heterocycles. The van der Waals surface area contributed by atoms with Crippen LogP contribution in [0.3, 0.4) is 0 Å². The Kier molecular flexibility index (Phi) is 7.13. The predicted molar refractivity (Wildman–Crippen MR) is 113 cm³/mol. The summed E-state index contributed by atoms with van der Waals surface area (Å²) in [7, 11) is 0. The largest absolute Gasteiger partial charge is 0.351 e. The quantitative estimate of drug-likeness (QED) is 0.550. The maximum Gasteiger partial charge on any atom is 0.271 e. The summed E-state index contributed by atoms with van der Waals surface area (Å²) in [5.74, 6) is 0.530. The molecule has 0 unspecified atom stereocenters. The van der Waals surface area contributed by atoms with Crippen molar-refractivity contribution in [2.75, 3.05) is 11.4 Å². The van der Waals surface area contributed by atoms with Gasteiger partial charge in [-0.1, -0.05) is 68.3 Å². The molecule has 1 N–H and O–H groups in total. The van der Waals surface area contributed by atoms with Crippen LogP contribution >= 0.6 is 0 Å². The van der Waals surface area contributed by atoms with Crippen molar-refractivity contribution in [1.82, 2.24) is 15.3 Å². The third-order valence-corrected chi connectivity index (χ3v) is 4.46. The molecule has 1 heterocycles. The lowest BCUT2D eigenvalue weighted by Crippen LogP contribution is -2.26. The second-order valence-electron chi connectivity index (χ2n) is 6.63. The number of rotatable bonds is 9. The first-order valence-electron chi connectivity index (χ1n) is 9.74. The van der Waals surface area contributed by atoms with Gasteiger partial charge < -0.3 is 10.2 Å². The summed E-state index contributed by atoms with van der Waals surface area (Å²) in [5, 5.41) is 2.90. The predicted octanol–water partition coefficient (Wildman–Crippen LogP) is 4.73. The van der Waals surface area contributed by atoms with Gasteiger partial charge in [0.05, 0.1) is 12.4 Å². The Bertz CT molecular complexity index is 851. The van der Waals surface area contributed by atoms with Gasteiger partial charge in [-0.2, -0.15) is 0 Å². The molecular formula is C23H26N4O. The molecule has 0 aliphatic rings. The van der Waals surface area contributed by atoms with Crippen molar-refractivity contribution in [2.24, 2.45) is 0 Å². The van der Waals surface area contributed by atoms with E-state index >= 15 is 0 Å². The summed E-state index contributed by atoms with van der Waals surface area (Å²) >= 11 is 0. The molecule has 5 nitrogen and oxygen atoms in total. The van der Waals surface area contributed by atoms with Gasteiger partial charge >= 0.3 is 0 Å². The molecule has 3 rings (SSSR count). The monoisotopic (exact) mass is 374 g/mol. The molecule has 1 amide bonds. The van der Waals surface area contributed by atoms with E-state index in [9.17, 15) is 4.79 Å². The van der Waals surface area contributed by atoms with Gasteiger partial charge in [0.15, 0.2) is 5.82 Å². The Hall–Kier alpha value is -3.21. The van der Waals surface area contributed by atoms with E-state index in [1.54, 1.807) is 12.4 Å². The molecule has 0 aliphatic heterocycles. The topological polar surface area (TPSA) is 58.1 Å². The van der Waals surface area contributed by atoms with Crippen molar-refractivity contribution in [3.8, 4) is 0 Å². The Balaban J connectivity index is 1.76. The number of anilines is 2. The van der Waals surface area contributed by atoms with Gasteiger partial charge in [0, 0.05) is 18.8 Å². The number of aromatic nitrogens is 2. The van der Waals surface area contributed by atoms with E-state index < -0.39 is 0 Å². The first kappa shape index (κ1) is 19.5. The zero-order valence-corrected chi connectivity index (χ0v) is 16.2. The average Bonchev–Trinajstić information content (AvgIpc) is 2.76. The summed E-state index contributed by atoms with van der Waals surface area (Å²) in [6.07, 6.45) is 6.42. The van der Waals surface area contributed by atoms with Crippen LogP contribution in [0.2, 0.25) is 0 Å². The fourth-order valence-electron chi connectivity index (χ4n) is 2.92. The SMILES string of the molecule is CCCCCNC(=O)c1cnc(N(Cc2ccccc2)c2ccccc2)cn1. The second kappa shape index (κ2) is 10.2. The highest BCUT2D eigenvalue weighted by Gasteiger charge is 2.14. The van der Waals surface area contributed by atoms with Gasteiger partial charge in [-0.05, 0) is 24.1 Å². The highest BCUT2D eigenvalue weighted by Crippen LogP contribution is 2.25. The first-order valence-corrected chi connectivity index (χ1v) is 9.74. The summed E-state index contributed by atoms with van der Waals surface area (Å²) < 4.78 is 0. The van der Waals surface area contributed by atoms with Crippen molar-refractivity contribution in [1.29, 1.82) is 0 Å². The Morgan fingerprint density at radius 3 is 2.29 bits per heavy atom. The number of amides is 1. The molecule has 0 atom stereocenters. The van der Waals surface area contributed by atoms with Crippen LogP contribution in [0.1, 0.15) is 42.2 Å². The normalized spacial score (nSPS) is 10.5. The number of nitrogens with zero attached hydrogens (tertiary/aromatic N) is 3. The number of carbonyl (C=O) groups is 1. The molecule has 0 radical (unpaired) electrons. The number of benzene rings is 2. The van der Waals surface area contributed by atoms with Crippen LogP contribution in [0.25, 0.3) is 0 Å². The van der Waals surface area contributed by atoms with Gasteiger partial charge in [-0.15, -0.1) is 0 Å². The summed E-state index contributed by atoms with van der Waals surface area (Å²) in [6, 6.07) is 20.3. The van der Waals surface area contributed by atoms with Crippen molar-refractivity contribution in [3.63, 3.8) is 0 Å². The number of hydrogen-bond donors (Lipinski definition) is 1. The van der Waals surface area contributed by atoms with Crippen LogP contribution < -0.4 is 10.2 Å². The lowest BCUT2D eigenvalue weighted by atomic mass is 10.2. The first-order chi connectivity index (χ1) is 13.8. The van der Waals surface area contributed by atoms with Gasteiger partial charge in [0.25, 0.3) is 5.91 Å². The molecule has 28 heavy (non-hydrogen) atoms. The average molecular weight is 374 g/mol. The van der Waals surface area contributed by atoms with Crippen LogP contribution in [0, 0.1) is 0 Å². The minimum absolute atomic E-state index is 0.176. The van der Waals surface area contributed by atoms with E-state index in [-0.39, 0.29) is 5.91 Å². The molecule has 1 aromatic heterocycles. The standard InChI is InChI=1S/C23H26N4O/c1-2-3-10-15-24-23(28)21-16-26-22(17-25-21)27(20-13-8-5-9-14-20)18-19-11-6-4-7-12-19/h4-9,11-14,16-17H,2-3,10,15,18H2,1H3,(H,24,28). The fourth-order valence-corrected chi connectivity index (χ4v) is 2.92. The van der Waals surface area contributed by atoms with E-state index in [2.05, 4.69) is 39.2 Å². The maximum atomic E-state index is 12.2. The maximum absolute atomic E-state index is 12.2. The highest BCUT2D eigenvalue weighted by atomic mass is 16.1. The molecule has 0 spiro atoms. The Morgan fingerprint density at radius 2 is 1.64 bits per heavy atom. The van der Waals surface area contributed by atoms with Gasteiger partial charge in [-0.25, -0.2) is 9.97 Å². The zero-order chi connectivity index (χ0) is 19.6. The molecule has 0 bridgehead atoms. The molecule has 144 valence electrons. The number of unbranched alkanes of at least 4 members (excludes halogenated alkanes) is 2. The highest BCUT2D eigenvalue weighted by molar-refractivity contribution is 5.92. The summed E-state index contributed by atoms with van der Waals surface area (Å²) in [5.41, 5.74) is 2.54. The zero-order valence-electron chi connectivity index (χ0n) is 16.2.